The maximum atomic E-state index is 13.0. The molecule has 1 aromatic carbocycles. The van der Waals surface area contributed by atoms with Gasteiger partial charge < -0.3 is 10.8 Å². The SMILES string of the molecule is Cc1ccc(S(=O)(=O)NC2CCC(O)CC2)cc1-c1cnc(N)c(-c2cn(C)nc2C)c1. The molecule has 170 valence electrons. The standard InChI is InChI=1S/C23H29N5O3S/c1-14-4-9-19(32(30,31)27-17-5-7-18(29)8-6-17)11-20(14)16-10-21(23(24)25-12-16)22-13-28(3)26-15(22)2/h4,9-13,17-18,27,29H,5-8H2,1-3H3,(H2,24,25). The lowest BCUT2D eigenvalue weighted by molar-refractivity contribution is 0.120. The van der Waals surface area contributed by atoms with Crippen molar-refractivity contribution in [1.29, 1.82) is 0 Å². The zero-order valence-electron chi connectivity index (χ0n) is 18.5. The Hall–Kier alpha value is -2.75. The zero-order valence-corrected chi connectivity index (χ0v) is 19.4. The molecule has 0 spiro atoms. The minimum absolute atomic E-state index is 0.161. The summed E-state index contributed by atoms with van der Waals surface area (Å²) in [5.74, 6) is 0.396. The van der Waals surface area contributed by atoms with Crippen molar-refractivity contribution in [2.45, 2.75) is 56.6 Å². The maximum Gasteiger partial charge on any atom is 0.240 e. The van der Waals surface area contributed by atoms with Gasteiger partial charge in [-0.3, -0.25) is 4.68 Å². The van der Waals surface area contributed by atoms with Crippen LogP contribution in [0.2, 0.25) is 0 Å². The van der Waals surface area contributed by atoms with E-state index >= 15 is 0 Å². The van der Waals surface area contributed by atoms with Gasteiger partial charge in [-0.15, -0.1) is 0 Å². The second-order valence-electron chi connectivity index (χ2n) is 8.56. The summed E-state index contributed by atoms with van der Waals surface area (Å²) >= 11 is 0. The molecule has 0 aliphatic heterocycles. The van der Waals surface area contributed by atoms with Gasteiger partial charge in [-0.25, -0.2) is 18.1 Å². The fraction of sp³-hybridized carbons (Fsp3) is 0.391. The van der Waals surface area contributed by atoms with Crippen molar-refractivity contribution in [1.82, 2.24) is 19.5 Å². The van der Waals surface area contributed by atoms with Gasteiger partial charge in [-0.1, -0.05) is 6.07 Å². The number of hydrogen-bond acceptors (Lipinski definition) is 6. The number of nitrogens with zero attached hydrogens (tertiary/aromatic N) is 3. The molecule has 9 heteroatoms. The summed E-state index contributed by atoms with van der Waals surface area (Å²) in [6, 6.07) is 6.88. The number of rotatable bonds is 5. The molecule has 1 aliphatic carbocycles. The second-order valence-corrected chi connectivity index (χ2v) is 10.3. The molecule has 4 N–H and O–H groups in total. The summed E-state index contributed by atoms with van der Waals surface area (Å²) in [6.45, 7) is 3.85. The Kier molecular flexibility index (Phi) is 6.07. The Morgan fingerprint density at radius 3 is 2.47 bits per heavy atom. The number of aromatic nitrogens is 3. The van der Waals surface area contributed by atoms with Crippen LogP contribution in [0.15, 0.2) is 41.6 Å². The van der Waals surface area contributed by atoms with Crippen LogP contribution < -0.4 is 10.5 Å². The predicted octanol–water partition coefficient (Wildman–Crippen LogP) is 2.93. The predicted molar refractivity (Wildman–Crippen MR) is 124 cm³/mol. The molecule has 8 nitrogen and oxygen atoms in total. The third kappa shape index (κ3) is 4.55. The van der Waals surface area contributed by atoms with E-state index in [-0.39, 0.29) is 17.0 Å². The molecule has 0 amide bonds. The van der Waals surface area contributed by atoms with Crippen LogP contribution in [0, 0.1) is 13.8 Å². The van der Waals surface area contributed by atoms with E-state index in [1.165, 1.54) is 0 Å². The molecule has 0 bridgehead atoms. The van der Waals surface area contributed by atoms with Gasteiger partial charge in [0.1, 0.15) is 5.82 Å². The number of benzene rings is 1. The number of aryl methyl sites for hydroxylation is 3. The van der Waals surface area contributed by atoms with E-state index in [0.717, 1.165) is 33.5 Å². The molecule has 1 aliphatic rings. The van der Waals surface area contributed by atoms with Crippen molar-refractivity contribution in [3.63, 3.8) is 0 Å². The fourth-order valence-corrected chi connectivity index (χ4v) is 5.59. The van der Waals surface area contributed by atoms with Crippen LogP contribution in [0.25, 0.3) is 22.3 Å². The van der Waals surface area contributed by atoms with Gasteiger partial charge in [-0.05, 0) is 68.9 Å². The van der Waals surface area contributed by atoms with Crippen LogP contribution in [0.5, 0.6) is 0 Å². The van der Waals surface area contributed by atoms with Crippen LogP contribution in [0.4, 0.5) is 5.82 Å². The molecule has 1 fully saturated rings. The highest BCUT2D eigenvalue weighted by Gasteiger charge is 2.25. The number of nitrogens with two attached hydrogens (primary N) is 1. The third-order valence-corrected chi connectivity index (χ3v) is 7.59. The van der Waals surface area contributed by atoms with Gasteiger partial charge in [0.2, 0.25) is 10.0 Å². The van der Waals surface area contributed by atoms with Crippen LogP contribution in [0.3, 0.4) is 0 Å². The average molecular weight is 456 g/mol. The van der Waals surface area contributed by atoms with Gasteiger partial charge in [0.15, 0.2) is 0 Å². The number of hydrogen-bond donors (Lipinski definition) is 3. The molecular formula is C23H29N5O3S. The van der Waals surface area contributed by atoms with Crippen LogP contribution in [-0.4, -0.2) is 40.4 Å². The van der Waals surface area contributed by atoms with E-state index in [9.17, 15) is 13.5 Å². The molecule has 0 radical (unpaired) electrons. The number of pyridine rings is 1. The first-order chi connectivity index (χ1) is 15.1. The fourth-order valence-electron chi connectivity index (χ4n) is 4.26. The topological polar surface area (TPSA) is 123 Å². The highest BCUT2D eigenvalue weighted by atomic mass is 32.2. The highest BCUT2D eigenvalue weighted by Crippen LogP contribution is 2.33. The van der Waals surface area contributed by atoms with Gasteiger partial charge in [0.05, 0.1) is 16.7 Å². The van der Waals surface area contributed by atoms with Crippen LogP contribution in [-0.2, 0) is 17.1 Å². The molecule has 0 atom stereocenters. The summed E-state index contributed by atoms with van der Waals surface area (Å²) in [5.41, 5.74) is 11.2. The van der Waals surface area contributed by atoms with E-state index in [0.29, 0.717) is 31.5 Å². The zero-order chi connectivity index (χ0) is 23.0. The minimum Gasteiger partial charge on any atom is -0.393 e. The van der Waals surface area contributed by atoms with Crippen LogP contribution >= 0.6 is 0 Å². The molecule has 4 rings (SSSR count). The Morgan fingerprint density at radius 1 is 1.09 bits per heavy atom. The molecule has 0 saturated heterocycles. The van der Waals surface area contributed by atoms with E-state index < -0.39 is 10.0 Å². The van der Waals surface area contributed by atoms with Gasteiger partial charge in [0, 0.05) is 42.2 Å². The number of aliphatic hydroxyl groups excluding tert-OH is 1. The summed E-state index contributed by atoms with van der Waals surface area (Å²) in [6.07, 6.45) is 5.71. The van der Waals surface area contributed by atoms with E-state index in [4.69, 9.17) is 5.73 Å². The van der Waals surface area contributed by atoms with Crippen molar-refractivity contribution >= 4 is 15.8 Å². The number of nitrogen functional groups attached to an aromatic ring is 1. The molecule has 2 heterocycles. The Bertz CT molecular complexity index is 1240. The number of nitrogens with one attached hydrogen (secondary N) is 1. The Morgan fingerprint density at radius 2 is 1.81 bits per heavy atom. The van der Waals surface area contributed by atoms with Crippen molar-refractivity contribution < 1.29 is 13.5 Å². The molecule has 2 aromatic heterocycles. The highest BCUT2D eigenvalue weighted by molar-refractivity contribution is 7.89. The summed E-state index contributed by atoms with van der Waals surface area (Å²) in [7, 11) is -1.84. The number of sulfonamides is 1. The molecule has 0 unspecified atom stereocenters. The molecular weight excluding hydrogens is 426 g/mol. The van der Waals surface area contributed by atoms with E-state index in [2.05, 4.69) is 14.8 Å². The largest absolute Gasteiger partial charge is 0.393 e. The summed E-state index contributed by atoms with van der Waals surface area (Å²) in [4.78, 5) is 4.58. The van der Waals surface area contributed by atoms with Crippen molar-refractivity contribution in [3.8, 4) is 22.3 Å². The normalized spacial score (nSPS) is 19.2. The van der Waals surface area contributed by atoms with E-state index in [1.807, 2.05) is 33.2 Å². The summed E-state index contributed by atoms with van der Waals surface area (Å²) < 4.78 is 30.6. The van der Waals surface area contributed by atoms with E-state index in [1.54, 1.807) is 29.1 Å². The molecule has 32 heavy (non-hydrogen) atoms. The molecule has 3 aromatic rings. The lowest BCUT2D eigenvalue weighted by atomic mass is 9.94. The number of aliphatic hydroxyl groups is 1. The third-order valence-electron chi connectivity index (χ3n) is 6.07. The van der Waals surface area contributed by atoms with Crippen molar-refractivity contribution in [3.05, 3.63) is 47.9 Å². The van der Waals surface area contributed by atoms with Gasteiger partial charge in [0.25, 0.3) is 0 Å². The van der Waals surface area contributed by atoms with Crippen molar-refractivity contribution in [2.75, 3.05) is 5.73 Å². The van der Waals surface area contributed by atoms with Gasteiger partial charge in [-0.2, -0.15) is 5.10 Å². The first-order valence-corrected chi connectivity index (χ1v) is 12.2. The quantitative estimate of drug-likeness (QED) is 0.544. The summed E-state index contributed by atoms with van der Waals surface area (Å²) in [5, 5.41) is 14.1. The van der Waals surface area contributed by atoms with Crippen LogP contribution in [0.1, 0.15) is 36.9 Å². The first kappa shape index (κ1) is 22.4. The maximum absolute atomic E-state index is 13.0. The van der Waals surface area contributed by atoms with Crippen molar-refractivity contribution in [2.24, 2.45) is 7.05 Å². The minimum atomic E-state index is -3.69. The first-order valence-electron chi connectivity index (χ1n) is 10.7. The number of anilines is 1. The lowest BCUT2D eigenvalue weighted by Crippen LogP contribution is -2.38. The lowest BCUT2D eigenvalue weighted by Gasteiger charge is -2.26. The monoisotopic (exact) mass is 455 g/mol. The Balaban J connectivity index is 1.69. The average Bonchev–Trinajstić information content (AvgIpc) is 3.08. The second kappa shape index (κ2) is 8.65. The molecule has 1 saturated carbocycles. The van der Waals surface area contributed by atoms with Gasteiger partial charge >= 0.3 is 0 Å². The smallest absolute Gasteiger partial charge is 0.240 e. The Labute approximate surface area is 188 Å².